The van der Waals surface area contributed by atoms with E-state index in [4.69, 9.17) is 16.3 Å². The van der Waals surface area contributed by atoms with Crippen molar-refractivity contribution in [1.29, 1.82) is 0 Å². The van der Waals surface area contributed by atoms with E-state index >= 15 is 0 Å². The third kappa shape index (κ3) is 2.48. The number of hydrogen-bond donors (Lipinski definition) is 0. The Kier molecular flexibility index (Phi) is 3.59. The van der Waals surface area contributed by atoms with Crippen LogP contribution in [0, 0.1) is 0 Å². The molecule has 0 atom stereocenters. The van der Waals surface area contributed by atoms with Gasteiger partial charge in [-0.15, -0.1) is 0 Å². The van der Waals surface area contributed by atoms with Crippen LogP contribution in [-0.2, 0) is 4.74 Å². The highest BCUT2D eigenvalue weighted by Crippen LogP contribution is 2.34. The quantitative estimate of drug-likeness (QED) is 0.660. The van der Waals surface area contributed by atoms with Crippen LogP contribution in [0.5, 0.6) is 0 Å². The molecule has 104 valence electrons. The fourth-order valence-corrected chi connectivity index (χ4v) is 2.57. The summed E-state index contributed by atoms with van der Waals surface area (Å²) in [6, 6.07) is 15.1. The van der Waals surface area contributed by atoms with E-state index in [-0.39, 0.29) is 5.97 Å². The lowest BCUT2D eigenvalue weighted by molar-refractivity contribution is 0.0601. The Morgan fingerprint density at radius 3 is 2.62 bits per heavy atom. The maximum absolute atomic E-state index is 11.7. The van der Waals surface area contributed by atoms with Gasteiger partial charge in [0.2, 0.25) is 0 Å². The first-order valence-electron chi connectivity index (χ1n) is 6.42. The molecular formula is C17H12ClNO2. The summed E-state index contributed by atoms with van der Waals surface area (Å²) in [5, 5.41) is 1.38. The number of ether oxygens (including phenoxy) is 1. The largest absolute Gasteiger partial charge is 0.465 e. The molecule has 0 radical (unpaired) electrons. The number of methoxy groups -OCH3 is 1. The van der Waals surface area contributed by atoms with Crippen LogP contribution < -0.4 is 0 Å². The third-order valence-electron chi connectivity index (χ3n) is 3.31. The molecule has 0 aliphatic carbocycles. The molecular weight excluding hydrogens is 286 g/mol. The number of hydrogen-bond acceptors (Lipinski definition) is 3. The molecule has 21 heavy (non-hydrogen) atoms. The minimum Gasteiger partial charge on any atom is -0.465 e. The first kappa shape index (κ1) is 13.6. The summed E-state index contributed by atoms with van der Waals surface area (Å²) < 4.78 is 4.77. The fraction of sp³-hybridized carbons (Fsp3) is 0.0588. The Labute approximate surface area is 127 Å². The van der Waals surface area contributed by atoms with Crippen LogP contribution in [0.2, 0.25) is 5.02 Å². The van der Waals surface area contributed by atoms with E-state index in [0.717, 1.165) is 22.0 Å². The van der Waals surface area contributed by atoms with Crippen LogP contribution in [0.1, 0.15) is 10.4 Å². The van der Waals surface area contributed by atoms with Gasteiger partial charge < -0.3 is 4.74 Å². The standard InChI is InChI=1S/C17H12ClNO2/c1-21-17(20)12-7-8-15-13(9-12)16(14(18)10-19-15)11-5-3-2-4-6-11/h2-10H,1H3. The second kappa shape index (κ2) is 5.54. The summed E-state index contributed by atoms with van der Waals surface area (Å²) in [5.41, 5.74) is 3.11. The van der Waals surface area contributed by atoms with Crippen molar-refractivity contribution < 1.29 is 9.53 Å². The first-order valence-corrected chi connectivity index (χ1v) is 6.80. The second-order valence-electron chi connectivity index (χ2n) is 4.57. The number of esters is 1. The lowest BCUT2D eigenvalue weighted by Gasteiger charge is -2.10. The van der Waals surface area contributed by atoms with Crippen LogP contribution in [0.25, 0.3) is 22.0 Å². The monoisotopic (exact) mass is 297 g/mol. The Hall–Kier alpha value is -2.39. The average molecular weight is 298 g/mol. The molecule has 1 aromatic heterocycles. The van der Waals surface area contributed by atoms with Gasteiger partial charge in [-0.25, -0.2) is 4.79 Å². The van der Waals surface area contributed by atoms with Crippen molar-refractivity contribution in [3.8, 4) is 11.1 Å². The van der Waals surface area contributed by atoms with Crippen LogP contribution in [-0.4, -0.2) is 18.1 Å². The molecule has 0 spiro atoms. The van der Waals surface area contributed by atoms with Crippen molar-refractivity contribution in [2.75, 3.05) is 7.11 Å². The molecule has 3 rings (SSSR count). The van der Waals surface area contributed by atoms with Crippen LogP contribution in [0.3, 0.4) is 0 Å². The molecule has 3 nitrogen and oxygen atoms in total. The molecule has 0 bridgehead atoms. The lowest BCUT2D eigenvalue weighted by Crippen LogP contribution is -2.01. The van der Waals surface area contributed by atoms with Crippen molar-refractivity contribution in [2.45, 2.75) is 0 Å². The van der Waals surface area contributed by atoms with Gasteiger partial charge in [0.25, 0.3) is 0 Å². The summed E-state index contributed by atoms with van der Waals surface area (Å²) in [5.74, 6) is -0.379. The summed E-state index contributed by atoms with van der Waals surface area (Å²) in [6.45, 7) is 0. The highest BCUT2D eigenvalue weighted by molar-refractivity contribution is 6.34. The number of benzene rings is 2. The minimum atomic E-state index is -0.379. The number of carbonyl (C=O) groups is 1. The van der Waals surface area contributed by atoms with Crippen LogP contribution in [0.4, 0.5) is 0 Å². The van der Waals surface area contributed by atoms with Crippen molar-refractivity contribution in [3.05, 3.63) is 65.3 Å². The van der Waals surface area contributed by atoms with Gasteiger partial charge in [-0.3, -0.25) is 4.98 Å². The highest BCUT2D eigenvalue weighted by Gasteiger charge is 2.13. The average Bonchev–Trinajstić information content (AvgIpc) is 2.54. The van der Waals surface area contributed by atoms with Crippen LogP contribution >= 0.6 is 11.6 Å². The van der Waals surface area contributed by atoms with Gasteiger partial charge in [-0.2, -0.15) is 0 Å². The van der Waals surface area contributed by atoms with E-state index in [2.05, 4.69) is 4.98 Å². The van der Waals surface area contributed by atoms with E-state index in [1.54, 1.807) is 24.4 Å². The van der Waals surface area contributed by atoms with Gasteiger partial charge >= 0.3 is 5.97 Å². The van der Waals surface area contributed by atoms with Gasteiger partial charge in [0.15, 0.2) is 0 Å². The van der Waals surface area contributed by atoms with Crippen molar-refractivity contribution in [3.63, 3.8) is 0 Å². The molecule has 0 N–H and O–H groups in total. The predicted molar refractivity (Wildman–Crippen MR) is 83.5 cm³/mol. The molecule has 4 heteroatoms. The van der Waals surface area contributed by atoms with Crippen LogP contribution in [0.15, 0.2) is 54.7 Å². The van der Waals surface area contributed by atoms with E-state index in [1.807, 2.05) is 30.3 Å². The Morgan fingerprint density at radius 2 is 1.90 bits per heavy atom. The maximum atomic E-state index is 11.7. The first-order chi connectivity index (χ1) is 10.2. The Morgan fingerprint density at radius 1 is 1.14 bits per heavy atom. The minimum absolute atomic E-state index is 0.379. The Balaban J connectivity index is 2.31. The predicted octanol–water partition coefficient (Wildman–Crippen LogP) is 4.34. The van der Waals surface area contributed by atoms with Crippen molar-refractivity contribution >= 4 is 28.5 Å². The lowest BCUT2D eigenvalue weighted by atomic mass is 10.00. The van der Waals surface area contributed by atoms with Gasteiger partial charge in [-0.05, 0) is 23.8 Å². The number of nitrogens with zero attached hydrogens (tertiary/aromatic N) is 1. The number of pyridine rings is 1. The molecule has 0 aliphatic rings. The zero-order valence-corrected chi connectivity index (χ0v) is 12.1. The zero-order chi connectivity index (χ0) is 14.8. The molecule has 0 aliphatic heterocycles. The molecule has 0 saturated heterocycles. The van der Waals surface area contributed by atoms with Gasteiger partial charge in [0.1, 0.15) is 0 Å². The fourth-order valence-electron chi connectivity index (χ4n) is 2.31. The summed E-state index contributed by atoms with van der Waals surface area (Å²) in [7, 11) is 1.36. The summed E-state index contributed by atoms with van der Waals surface area (Å²) in [6.07, 6.45) is 1.63. The highest BCUT2D eigenvalue weighted by atomic mass is 35.5. The smallest absolute Gasteiger partial charge is 0.337 e. The zero-order valence-electron chi connectivity index (χ0n) is 11.3. The molecule has 0 unspecified atom stereocenters. The molecule has 2 aromatic carbocycles. The maximum Gasteiger partial charge on any atom is 0.337 e. The number of aromatic nitrogens is 1. The summed E-state index contributed by atoms with van der Waals surface area (Å²) in [4.78, 5) is 16.0. The molecule has 0 amide bonds. The van der Waals surface area contributed by atoms with Crippen molar-refractivity contribution in [1.82, 2.24) is 4.98 Å². The van der Waals surface area contributed by atoms with E-state index in [9.17, 15) is 4.79 Å². The molecule has 0 fully saturated rings. The topological polar surface area (TPSA) is 39.2 Å². The van der Waals surface area contributed by atoms with Gasteiger partial charge in [0.05, 0.1) is 23.2 Å². The van der Waals surface area contributed by atoms with Gasteiger partial charge in [0, 0.05) is 17.1 Å². The SMILES string of the molecule is COC(=O)c1ccc2ncc(Cl)c(-c3ccccc3)c2c1. The number of carbonyl (C=O) groups excluding carboxylic acids is 1. The van der Waals surface area contributed by atoms with Crippen molar-refractivity contribution in [2.24, 2.45) is 0 Å². The second-order valence-corrected chi connectivity index (χ2v) is 4.98. The van der Waals surface area contributed by atoms with Gasteiger partial charge in [-0.1, -0.05) is 41.9 Å². The number of fused-ring (bicyclic) bond motifs is 1. The van der Waals surface area contributed by atoms with E-state index in [0.29, 0.717) is 10.6 Å². The Bertz CT molecular complexity index is 816. The van der Waals surface area contributed by atoms with E-state index < -0.39 is 0 Å². The third-order valence-corrected chi connectivity index (χ3v) is 3.59. The number of rotatable bonds is 2. The molecule has 0 saturated carbocycles. The van der Waals surface area contributed by atoms with E-state index in [1.165, 1.54) is 7.11 Å². The number of halogens is 1. The molecule has 1 heterocycles. The summed E-state index contributed by atoms with van der Waals surface area (Å²) >= 11 is 6.32. The molecule has 3 aromatic rings. The normalized spacial score (nSPS) is 10.6.